The van der Waals surface area contributed by atoms with Crippen molar-refractivity contribution in [1.82, 2.24) is 19.7 Å². The van der Waals surface area contributed by atoms with Crippen molar-refractivity contribution < 1.29 is 4.79 Å². The molecule has 0 bridgehead atoms. The standard InChI is InChI=1S/C19H24N4OS/c1-14-5-7-15(8-6-14)25-16-9-12-22(13-10-16)19(24)18-21-20-17-4-2-3-11-23(17)18/h5-8,16H,2-4,9-13H2,1H3. The van der Waals surface area contributed by atoms with Crippen molar-refractivity contribution in [3.8, 4) is 0 Å². The topological polar surface area (TPSA) is 51.0 Å². The molecule has 0 spiro atoms. The highest BCUT2D eigenvalue weighted by Gasteiger charge is 2.28. The number of rotatable bonds is 3. The second kappa shape index (κ2) is 7.20. The third kappa shape index (κ3) is 3.59. The average Bonchev–Trinajstić information content (AvgIpc) is 3.08. The fourth-order valence-corrected chi connectivity index (χ4v) is 4.72. The van der Waals surface area contributed by atoms with Crippen molar-refractivity contribution in [3.05, 3.63) is 41.5 Å². The second-order valence-corrected chi connectivity index (χ2v) is 8.34. The highest BCUT2D eigenvalue weighted by molar-refractivity contribution is 8.00. The summed E-state index contributed by atoms with van der Waals surface area (Å²) in [5, 5.41) is 8.98. The van der Waals surface area contributed by atoms with E-state index in [1.54, 1.807) is 0 Å². The Bertz CT molecular complexity index is 747. The molecule has 0 aliphatic carbocycles. The summed E-state index contributed by atoms with van der Waals surface area (Å²) in [4.78, 5) is 16.1. The molecule has 1 aromatic heterocycles. The normalized spacial score (nSPS) is 18.2. The molecule has 4 rings (SSSR count). The van der Waals surface area contributed by atoms with Gasteiger partial charge in [0.1, 0.15) is 5.82 Å². The molecule has 5 nitrogen and oxygen atoms in total. The highest BCUT2D eigenvalue weighted by atomic mass is 32.2. The van der Waals surface area contributed by atoms with E-state index in [9.17, 15) is 4.79 Å². The number of piperidine rings is 1. The van der Waals surface area contributed by atoms with Crippen LogP contribution in [0.4, 0.5) is 0 Å². The molecule has 0 N–H and O–H groups in total. The van der Waals surface area contributed by atoms with Crippen molar-refractivity contribution in [2.75, 3.05) is 13.1 Å². The van der Waals surface area contributed by atoms with Crippen LogP contribution in [0, 0.1) is 6.92 Å². The lowest BCUT2D eigenvalue weighted by molar-refractivity contribution is 0.0708. The second-order valence-electron chi connectivity index (χ2n) is 6.97. The summed E-state index contributed by atoms with van der Waals surface area (Å²) in [5.41, 5.74) is 1.29. The SMILES string of the molecule is Cc1ccc(SC2CCN(C(=O)c3nnc4n3CCCC4)CC2)cc1. The molecule has 6 heteroatoms. The smallest absolute Gasteiger partial charge is 0.291 e. The van der Waals surface area contributed by atoms with E-state index in [-0.39, 0.29) is 5.91 Å². The molecule has 0 unspecified atom stereocenters. The van der Waals surface area contributed by atoms with Crippen LogP contribution in [0.2, 0.25) is 0 Å². The third-order valence-electron chi connectivity index (χ3n) is 5.10. The zero-order chi connectivity index (χ0) is 17.2. The van der Waals surface area contributed by atoms with E-state index in [1.165, 1.54) is 10.5 Å². The third-order valence-corrected chi connectivity index (χ3v) is 6.45. The minimum atomic E-state index is 0.0550. The summed E-state index contributed by atoms with van der Waals surface area (Å²) in [6.07, 6.45) is 5.26. The molecule has 2 aromatic rings. The van der Waals surface area contributed by atoms with Crippen LogP contribution in [0.5, 0.6) is 0 Å². The van der Waals surface area contributed by atoms with Gasteiger partial charge in [-0.2, -0.15) is 0 Å². The van der Waals surface area contributed by atoms with Gasteiger partial charge in [0.05, 0.1) is 0 Å². The van der Waals surface area contributed by atoms with Crippen LogP contribution >= 0.6 is 11.8 Å². The molecule has 1 saturated heterocycles. The number of aryl methyl sites for hydroxylation is 2. The van der Waals surface area contributed by atoms with Crippen LogP contribution in [0.25, 0.3) is 0 Å². The van der Waals surface area contributed by atoms with E-state index >= 15 is 0 Å². The molecule has 2 aliphatic rings. The monoisotopic (exact) mass is 356 g/mol. The molecule has 1 fully saturated rings. The van der Waals surface area contributed by atoms with Crippen LogP contribution in [-0.4, -0.2) is 43.9 Å². The Hall–Kier alpha value is -1.82. The number of fused-ring (bicyclic) bond motifs is 1. The minimum Gasteiger partial charge on any atom is -0.336 e. The number of thioether (sulfide) groups is 1. The van der Waals surface area contributed by atoms with Gasteiger partial charge in [0.25, 0.3) is 5.91 Å². The Kier molecular flexibility index (Phi) is 4.79. The Balaban J connectivity index is 1.36. The molecule has 2 aliphatic heterocycles. The van der Waals surface area contributed by atoms with Gasteiger partial charge < -0.3 is 9.47 Å². The number of aromatic nitrogens is 3. The van der Waals surface area contributed by atoms with E-state index in [0.717, 1.165) is 57.6 Å². The molecule has 1 aromatic carbocycles. The fourth-order valence-electron chi connectivity index (χ4n) is 3.59. The van der Waals surface area contributed by atoms with Crippen LogP contribution < -0.4 is 0 Å². The van der Waals surface area contributed by atoms with Crippen molar-refractivity contribution in [2.24, 2.45) is 0 Å². The summed E-state index contributed by atoms with van der Waals surface area (Å²) >= 11 is 1.94. The Morgan fingerprint density at radius 3 is 2.60 bits per heavy atom. The predicted octanol–water partition coefficient (Wildman–Crippen LogP) is 3.32. The number of hydrogen-bond donors (Lipinski definition) is 0. The first-order valence-corrected chi connectivity index (χ1v) is 10.0. The number of likely N-dealkylation sites (tertiary alicyclic amines) is 1. The van der Waals surface area contributed by atoms with Gasteiger partial charge in [-0.15, -0.1) is 22.0 Å². The first kappa shape index (κ1) is 16.6. The lowest BCUT2D eigenvalue weighted by Gasteiger charge is -2.31. The predicted molar refractivity (Wildman–Crippen MR) is 98.9 cm³/mol. The Labute approximate surface area is 152 Å². The largest absolute Gasteiger partial charge is 0.336 e. The molecule has 0 radical (unpaired) electrons. The summed E-state index contributed by atoms with van der Waals surface area (Å²) < 4.78 is 2.03. The maximum atomic E-state index is 12.8. The van der Waals surface area contributed by atoms with Crippen molar-refractivity contribution in [1.29, 1.82) is 0 Å². The average molecular weight is 356 g/mol. The van der Waals surface area contributed by atoms with Crippen LogP contribution in [-0.2, 0) is 13.0 Å². The van der Waals surface area contributed by atoms with E-state index in [4.69, 9.17) is 0 Å². The van der Waals surface area contributed by atoms with Gasteiger partial charge in [-0.1, -0.05) is 17.7 Å². The fraction of sp³-hybridized carbons (Fsp3) is 0.526. The molecule has 1 amide bonds. The lowest BCUT2D eigenvalue weighted by atomic mass is 10.1. The Morgan fingerprint density at radius 1 is 1.08 bits per heavy atom. The van der Waals surface area contributed by atoms with Gasteiger partial charge in [0.2, 0.25) is 5.82 Å². The summed E-state index contributed by atoms with van der Waals surface area (Å²) in [7, 11) is 0. The van der Waals surface area contributed by atoms with E-state index in [2.05, 4.69) is 41.4 Å². The first-order valence-electron chi connectivity index (χ1n) is 9.15. The lowest BCUT2D eigenvalue weighted by Crippen LogP contribution is -2.40. The Morgan fingerprint density at radius 2 is 1.84 bits per heavy atom. The number of benzene rings is 1. The quantitative estimate of drug-likeness (QED) is 0.846. The molecule has 25 heavy (non-hydrogen) atoms. The van der Waals surface area contributed by atoms with Crippen molar-refractivity contribution in [2.45, 2.75) is 55.7 Å². The minimum absolute atomic E-state index is 0.0550. The van der Waals surface area contributed by atoms with Crippen LogP contribution in [0.1, 0.15) is 47.7 Å². The van der Waals surface area contributed by atoms with Crippen LogP contribution in [0.3, 0.4) is 0 Å². The molecule has 0 saturated carbocycles. The summed E-state index contributed by atoms with van der Waals surface area (Å²) in [6, 6.07) is 8.71. The number of carbonyl (C=O) groups excluding carboxylic acids is 1. The van der Waals surface area contributed by atoms with Crippen molar-refractivity contribution in [3.63, 3.8) is 0 Å². The van der Waals surface area contributed by atoms with Gasteiger partial charge in [-0.3, -0.25) is 4.79 Å². The molecule has 3 heterocycles. The van der Waals surface area contributed by atoms with Gasteiger partial charge in [-0.05, 0) is 44.7 Å². The molecule has 0 atom stereocenters. The molecular formula is C19H24N4OS. The number of amides is 1. The maximum Gasteiger partial charge on any atom is 0.291 e. The maximum absolute atomic E-state index is 12.8. The van der Waals surface area contributed by atoms with Crippen LogP contribution in [0.15, 0.2) is 29.2 Å². The summed E-state index contributed by atoms with van der Waals surface area (Å²) in [5.74, 6) is 1.57. The first-order chi connectivity index (χ1) is 12.2. The summed E-state index contributed by atoms with van der Waals surface area (Å²) in [6.45, 7) is 4.61. The molecule has 132 valence electrons. The van der Waals surface area contributed by atoms with Gasteiger partial charge in [0, 0.05) is 36.2 Å². The van der Waals surface area contributed by atoms with Crippen molar-refractivity contribution >= 4 is 17.7 Å². The van der Waals surface area contributed by atoms with E-state index in [0.29, 0.717) is 11.1 Å². The van der Waals surface area contributed by atoms with E-state index < -0.39 is 0 Å². The van der Waals surface area contributed by atoms with E-state index in [1.807, 2.05) is 21.2 Å². The number of nitrogens with zero attached hydrogens (tertiary/aromatic N) is 4. The number of carbonyl (C=O) groups is 1. The highest BCUT2D eigenvalue weighted by Crippen LogP contribution is 2.31. The van der Waals surface area contributed by atoms with Gasteiger partial charge >= 0.3 is 0 Å². The zero-order valence-electron chi connectivity index (χ0n) is 14.6. The van der Waals surface area contributed by atoms with Gasteiger partial charge in [0.15, 0.2) is 0 Å². The zero-order valence-corrected chi connectivity index (χ0v) is 15.5. The van der Waals surface area contributed by atoms with Gasteiger partial charge in [-0.25, -0.2) is 0 Å². The molecular weight excluding hydrogens is 332 g/mol. The number of hydrogen-bond acceptors (Lipinski definition) is 4.